The zero-order chi connectivity index (χ0) is 17.3. The summed E-state index contributed by atoms with van der Waals surface area (Å²) in [5.74, 6) is -0.126. The number of nitrogens with zero attached hydrogens (tertiary/aromatic N) is 1. The Kier molecular flexibility index (Phi) is 4.31. The van der Waals surface area contributed by atoms with Gasteiger partial charge in [0.2, 0.25) is 0 Å². The largest absolute Gasteiger partial charge is 0.506 e. The third kappa shape index (κ3) is 3.28. The molecular formula is C18H17N3O2S. The molecule has 5 nitrogen and oxygen atoms in total. The predicted octanol–water partition coefficient (Wildman–Crippen LogP) is 3.56. The number of anilines is 1. The summed E-state index contributed by atoms with van der Waals surface area (Å²) in [4.78, 5) is 17.2. The van der Waals surface area contributed by atoms with Gasteiger partial charge in [-0.25, -0.2) is 4.99 Å². The first-order valence-electron chi connectivity index (χ1n) is 7.38. The van der Waals surface area contributed by atoms with Crippen molar-refractivity contribution >= 4 is 39.8 Å². The van der Waals surface area contributed by atoms with Crippen LogP contribution >= 0.6 is 11.8 Å². The molecular weight excluding hydrogens is 322 g/mol. The number of aromatic hydroxyl groups is 1. The molecule has 1 heterocycles. The zero-order valence-corrected chi connectivity index (χ0v) is 14.1. The van der Waals surface area contributed by atoms with Gasteiger partial charge >= 0.3 is 0 Å². The molecule has 0 saturated carbocycles. The van der Waals surface area contributed by atoms with Crippen LogP contribution < -0.4 is 11.1 Å². The molecule has 0 aliphatic carbocycles. The third-order valence-corrected chi connectivity index (χ3v) is 4.72. The second-order valence-corrected chi connectivity index (χ2v) is 6.54. The summed E-state index contributed by atoms with van der Waals surface area (Å²) < 4.78 is 0. The van der Waals surface area contributed by atoms with Crippen molar-refractivity contribution in [3.8, 4) is 5.75 Å². The van der Waals surface area contributed by atoms with Gasteiger partial charge < -0.3 is 16.2 Å². The molecule has 1 saturated heterocycles. The molecule has 122 valence electrons. The molecule has 6 heteroatoms. The number of nitrogens with two attached hydrogens (primary N) is 1. The molecule has 1 aliphatic rings. The number of aryl methyl sites for hydroxylation is 1. The van der Waals surface area contributed by atoms with E-state index < -0.39 is 0 Å². The molecule has 0 aromatic heterocycles. The third-order valence-electron chi connectivity index (χ3n) is 3.64. The summed E-state index contributed by atoms with van der Waals surface area (Å²) in [6.07, 6.45) is 0. The van der Waals surface area contributed by atoms with Gasteiger partial charge in [0.25, 0.3) is 5.91 Å². The first-order valence-corrected chi connectivity index (χ1v) is 8.20. The van der Waals surface area contributed by atoms with Crippen LogP contribution in [0.3, 0.4) is 0 Å². The van der Waals surface area contributed by atoms with E-state index in [0.29, 0.717) is 21.4 Å². The number of phenolic OH excluding ortho intramolecular Hbond substituents is 1. The van der Waals surface area contributed by atoms with Crippen LogP contribution in [-0.2, 0) is 4.79 Å². The fourth-order valence-electron chi connectivity index (χ4n) is 2.36. The Balaban J connectivity index is 1.95. The zero-order valence-electron chi connectivity index (χ0n) is 13.3. The molecule has 1 fully saturated rings. The van der Waals surface area contributed by atoms with Crippen LogP contribution in [0.5, 0.6) is 5.75 Å². The number of nitrogen functional groups attached to an aromatic ring is 1. The SMILES string of the molecule is C/C(=C1/SC(=Nc2cc(C)ccc2O)NC1=O)c1cccc(N)c1. The van der Waals surface area contributed by atoms with Gasteiger partial charge in [-0.1, -0.05) is 18.2 Å². The molecule has 0 spiro atoms. The van der Waals surface area contributed by atoms with E-state index in [1.807, 2.05) is 32.0 Å². The predicted molar refractivity (Wildman–Crippen MR) is 99.1 cm³/mol. The van der Waals surface area contributed by atoms with E-state index in [1.165, 1.54) is 11.8 Å². The van der Waals surface area contributed by atoms with Gasteiger partial charge in [0.05, 0.1) is 4.91 Å². The minimum atomic E-state index is -0.203. The van der Waals surface area contributed by atoms with Gasteiger partial charge in [-0.05, 0) is 66.6 Å². The van der Waals surface area contributed by atoms with Crippen LogP contribution in [0.1, 0.15) is 18.1 Å². The lowest BCUT2D eigenvalue weighted by Crippen LogP contribution is -2.19. The van der Waals surface area contributed by atoms with Gasteiger partial charge in [-0.3, -0.25) is 4.79 Å². The van der Waals surface area contributed by atoms with E-state index in [2.05, 4.69) is 10.3 Å². The molecule has 3 rings (SSSR count). The first kappa shape index (κ1) is 16.1. The van der Waals surface area contributed by atoms with Gasteiger partial charge in [0.1, 0.15) is 11.4 Å². The maximum absolute atomic E-state index is 12.3. The number of carbonyl (C=O) groups excluding carboxylic acids is 1. The average molecular weight is 339 g/mol. The normalized spacial score (nSPS) is 17.9. The van der Waals surface area contributed by atoms with Gasteiger partial charge in [-0.15, -0.1) is 0 Å². The fourth-order valence-corrected chi connectivity index (χ4v) is 3.25. The maximum Gasteiger partial charge on any atom is 0.264 e. The van der Waals surface area contributed by atoms with Crippen molar-refractivity contribution in [3.05, 3.63) is 58.5 Å². The number of carbonyl (C=O) groups is 1. The summed E-state index contributed by atoms with van der Waals surface area (Å²) in [6, 6.07) is 12.6. The van der Waals surface area contributed by atoms with Crippen molar-refractivity contribution in [2.24, 2.45) is 4.99 Å². The minimum Gasteiger partial charge on any atom is -0.506 e. The van der Waals surface area contributed by atoms with E-state index >= 15 is 0 Å². The summed E-state index contributed by atoms with van der Waals surface area (Å²) in [6.45, 7) is 3.79. The topological polar surface area (TPSA) is 87.7 Å². The number of allylic oxidation sites excluding steroid dienone is 1. The molecule has 0 radical (unpaired) electrons. The van der Waals surface area contributed by atoms with Crippen molar-refractivity contribution in [3.63, 3.8) is 0 Å². The fraction of sp³-hybridized carbons (Fsp3) is 0.111. The first-order chi connectivity index (χ1) is 11.4. The second kappa shape index (κ2) is 6.41. The van der Waals surface area contributed by atoms with Crippen molar-refractivity contribution < 1.29 is 9.90 Å². The highest BCUT2D eigenvalue weighted by Crippen LogP contribution is 2.35. The highest BCUT2D eigenvalue weighted by Gasteiger charge is 2.26. The van der Waals surface area contributed by atoms with Crippen molar-refractivity contribution in [2.45, 2.75) is 13.8 Å². The van der Waals surface area contributed by atoms with Crippen LogP contribution in [0.4, 0.5) is 11.4 Å². The number of hydrogen-bond acceptors (Lipinski definition) is 5. The number of benzene rings is 2. The minimum absolute atomic E-state index is 0.0768. The molecule has 0 bridgehead atoms. The maximum atomic E-state index is 12.3. The standard InChI is InChI=1S/C18H17N3O2S/c1-10-6-7-15(22)14(8-10)20-18-21-17(23)16(24-18)11(2)12-4-3-5-13(19)9-12/h3-9,22H,19H2,1-2H3,(H,20,21,23)/b16-11-. The summed E-state index contributed by atoms with van der Waals surface area (Å²) in [5.41, 5.74) is 9.60. The number of nitrogens with one attached hydrogen (secondary N) is 1. The second-order valence-electron chi connectivity index (χ2n) is 5.54. The molecule has 2 aromatic carbocycles. The van der Waals surface area contributed by atoms with Crippen LogP contribution in [0, 0.1) is 6.92 Å². The number of phenols is 1. The van der Waals surface area contributed by atoms with E-state index in [-0.39, 0.29) is 11.7 Å². The highest BCUT2D eigenvalue weighted by atomic mass is 32.2. The Labute approximate surface area is 144 Å². The van der Waals surface area contributed by atoms with E-state index in [0.717, 1.165) is 16.7 Å². The molecule has 4 N–H and O–H groups in total. The van der Waals surface area contributed by atoms with E-state index in [9.17, 15) is 9.90 Å². The quantitative estimate of drug-likeness (QED) is 0.576. The van der Waals surface area contributed by atoms with Crippen LogP contribution in [0.2, 0.25) is 0 Å². The van der Waals surface area contributed by atoms with Gasteiger partial charge in [0.15, 0.2) is 5.17 Å². The summed E-state index contributed by atoms with van der Waals surface area (Å²) >= 11 is 1.25. The monoisotopic (exact) mass is 339 g/mol. The molecule has 2 aromatic rings. The Hall–Kier alpha value is -2.73. The molecule has 1 aliphatic heterocycles. The molecule has 24 heavy (non-hydrogen) atoms. The highest BCUT2D eigenvalue weighted by molar-refractivity contribution is 8.18. The average Bonchev–Trinajstić information content (AvgIpc) is 2.90. The summed E-state index contributed by atoms with van der Waals surface area (Å²) in [5, 5.41) is 13.1. The Morgan fingerprint density at radius 1 is 1.25 bits per heavy atom. The Morgan fingerprint density at radius 3 is 2.79 bits per heavy atom. The van der Waals surface area contributed by atoms with Gasteiger partial charge in [-0.2, -0.15) is 0 Å². The van der Waals surface area contributed by atoms with Crippen molar-refractivity contribution in [1.29, 1.82) is 0 Å². The number of aliphatic imine (C=N–C) groups is 1. The van der Waals surface area contributed by atoms with Crippen molar-refractivity contribution in [2.75, 3.05) is 5.73 Å². The van der Waals surface area contributed by atoms with Crippen LogP contribution in [0.15, 0.2) is 52.4 Å². The Morgan fingerprint density at radius 2 is 2.04 bits per heavy atom. The number of amides is 1. The van der Waals surface area contributed by atoms with E-state index in [4.69, 9.17) is 5.73 Å². The lowest BCUT2D eigenvalue weighted by Gasteiger charge is -2.04. The molecule has 1 amide bonds. The number of rotatable bonds is 2. The van der Waals surface area contributed by atoms with E-state index in [1.54, 1.807) is 24.3 Å². The smallest absolute Gasteiger partial charge is 0.264 e. The molecule has 0 unspecified atom stereocenters. The number of amidine groups is 1. The van der Waals surface area contributed by atoms with Crippen molar-refractivity contribution in [1.82, 2.24) is 5.32 Å². The lowest BCUT2D eigenvalue weighted by atomic mass is 10.1. The van der Waals surface area contributed by atoms with Crippen LogP contribution in [-0.4, -0.2) is 16.2 Å². The molecule has 0 atom stereocenters. The number of hydrogen-bond donors (Lipinski definition) is 3. The Bertz CT molecular complexity index is 888. The number of thioether (sulfide) groups is 1. The summed E-state index contributed by atoms with van der Waals surface area (Å²) in [7, 11) is 0. The van der Waals surface area contributed by atoms with Crippen LogP contribution in [0.25, 0.3) is 5.57 Å². The lowest BCUT2D eigenvalue weighted by molar-refractivity contribution is -0.115. The van der Waals surface area contributed by atoms with Gasteiger partial charge in [0, 0.05) is 5.69 Å².